The molecule has 0 aromatic heterocycles. The van der Waals surface area contributed by atoms with E-state index in [1.165, 1.54) is 6.92 Å². The molecule has 0 bridgehead atoms. The molecule has 134 valence electrons. The highest BCUT2D eigenvalue weighted by Gasteiger charge is 2.11. The average molecular weight is 348 g/mol. The molecule has 4 nitrogen and oxygen atoms in total. The molecule has 0 fully saturated rings. The fraction of sp³-hybridized carbons (Fsp3) is 0.263. The molecule has 0 radical (unpaired) electrons. The maximum absolute atomic E-state index is 12.9. The van der Waals surface area contributed by atoms with E-state index in [-0.39, 0.29) is 30.5 Å². The van der Waals surface area contributed by atoms with Crippen LogP contribution >= 0.6 is 0 Å². The van der Waals surface area contributed by atoms with Crippen molar-refractivity contribution in [1.82, 2.24) is 10.6 Å². The third-order valence-electron chi connectivity index (χ3n) is 3.21. The van der Waals surface area contributed by atoms with Crippen molar-refractivity contribution >= 4 is 11.8 Å². The smallest absolute Gasteiger partial charge is 0.239 e. The predicted molar refractivity (Wildman–Crippen MR) is 93.8 cm³/mol. The van der Waals surface area contributed by atoms with Crippen molar-refractivity contribution in [1.29, 1.82) is 0 Å². The molecule has 6 heteroatoms. The molecule has 1 rings (SSSR count). The monoisotopic (exact) mass is 348 g/mol. The Kier molecular flexibility index (Phi) is 8.26. The maximum Gasteiger partial charge on any atom is 0.239 e. The highest BCUT2D eigenvalue weighted by atomic mass is 19.1. The van der Waals surface area contributed by atoms with Crippen molar-refractivity contribution in [2.24, 2.45) is 0 Å². The van der Waals surface area contributed by atoms with E-state index in [1.54, 1.807) is 0 Å². The summed E-state index contributed by atoms with van der Waals surface area (Å²) in [6, 6.07) is 9.18. The molecule has 0 heterocycles. The van der Waals surface area contributed by atoms with Crippen molar-refractivity contribution in [2.75, 3.05) is 6.54 Å². The Bertz CT molecular complexity index is 678. The number of halogens is 2. The Morgan fingerprint density at radius 1 is 1.16 bits per heavy atom. The zero-order chi connectivity index (χ0) is 18.8. The van der Waals surface area contributed by atoms with Crippen LogP contribution in [0.5, 0.6) is 0 Å². The summed E-state index contributed by atoms with van der Waals surface area (Å²) in [6.45, 7) is 5.85. The minimum atomic E-state index is -0.783. The van der Waals surface area contributed by atoms with Gasteiger partial charge in [-0.3, -0.25) is 9.59 Å². The first kappa shape index (κ1) is 20.3. The normalized spacial score (nSPS) is 13.1. The predicted octanol–water partition coefficient (Wildman–Crippen LogP) is 3.65. The number of nitrogens with one attached hydrogen (secondary N) is 2. The molecular formula is C19H22F2N2O2. The fourth-order valence-electron chi connectivity index (χ4n) is 2.14. The number of carbonyl (C=O) groups is 2. The molecule has 0 saturated heterocycles. The largest absolute Gasteiger partial charge is 0.348 e. The van der Waals surface area contributed by atoms with E-state index in [4.69, 9.17) is 0 Å². The Hall–Kier alpha value is -2.76. The Labute approximate surface area is 146 Å². The highest BCUT2D eigenvalue weighted by molar-refractivity contribution is 5.86. The van der Waals surface area contributed by atoms with Gasteiger partial charge in [-0.25, -0.2) is 8.78 Å². The summed E-state index contributed by atoms with van der Waals surface area (Å²) < 4.78 is 25.8. The van der Waals surface area contributed by atoms with Gasteiger partial charge in [0.15, 0.2) is 0 Å². The lowest BCUT2D eigenvalue weighted by molar-refractivity contribution is -0.126. The van der Waals surface area contributed by atoms with Gasteiger partial charge >= 0.3 is 0 Å². The van der Waals surface area contributed by atoms with Crippen LogP contribution in [0.15, 0.2) is 66.3 Å². The van der Waals surface area contributed by atoms with Crippen molar-refractivity contribution in [3.8, 4) is 0 Å². The van der Waals surface area contributed by atoms with E-state index in [1.807, 2.05) is 37.3 Å². The molecule has 1 atom stereocenters. The number of allylic oxidation sites excluding steroid dienone is 4. The van der Waals surface area contributed by atoms with E-state index >= 15 is 0 Å². The first-order valence-electron chi connectivity index (χ1n) is 7.77. The second-order valence-electron chi connectivity index (χ2n) is 5.55. The third kappa shape index (κ3) is 8.60. The summed E-state index contributed by atoms with van der Waals surface area (Å²) in [5.74, 6) is -2.22. The molecule has 1 aromatic rings. The number of carbonyl (C=O) groups excluding carboxylic acids is 2. The summed E-state index contributed by atoms with van der Waals surface area (Å²) in [7, 11) is 0. The van der Waals surface area contributed by atoms with Crippen LogP contribution in [-0.2, 0) is 9.59 Å². The zero-order valence-electron chi connectivity index (χ0n) is 14.3. The van der Waals surface area contributed by atoms with Crippen LogP contribution in [0.2, 0.25) is 0 Å². The second kappa shape index (κ2) is 10.2. The quantitative estimate of drug-likeness (QED) is 0.705. The molecule has 2 N–H and O–H groups in total. The molecule has 1 unspecified atom stereocenters. The minimum Gasteiger partial charge on any atom is -0.348 e. The average Bonchev–Trinajstić information content (AvgIpc) is 2.52. The molecule has 0 spiro atoms. The fourth-order valence-corrected chi connectivity index (χ4v) is 2.14. The van der Waals surface area contributed by atoms with E-state index in [2.05, 4.69) is 17.2 Å². The van der Waals surface area contributed by atoms with Crippen LogP contribution in [0.3, 0.4) is 0 Å². The van der Waals surface area contributed by atoms with Crippen LogP contribution in [-0.4, -0.2) is 18.4 Å². The van der Waals surface area contributed by atoms with Gasteiger partial charge in [-0.2, -0.15) is 0 Å². The summed E-state index contributed by atoms with van der Waals surface area (Å²) in [6.07, 6.45) is 1.76. The Balaban J connectivity index is 2.51. The summed E-state index contributed by atoms with van der Waals surface area (Å²) in [5.41, 5.74) is 1.07. The van der Waals surface area contributed by atoms with Crippen molar-refractivity contribution in [3.05, 3.63) is 71.9 Å². The molecule has 0 aliphatic carbocycles. The molecule has 0 aliphatic rings. The van der Waals surface area contributed by atoms with Crippen molar-refractivity contribution in [3.63, 3.8) is 0 Å². The molecule has 2 amide bonds. The lowest BCUT2D eigenvalue weighted by atomic mass is 10.1. The van der Waals surface area contributed by atoms with Crippen LogP contribution < -0.4 is 10.6 Å². The van der Waals surface area contributed by atoms with Crippen LogP contribution in [0.4, 0.5) is 8.78 Å². The number of benzene rings is 1. The highest BCUT2D eigenvalue weighted by Crippen LogP contribution is 2.12. The van der Waals surface area contributed by atoms with Gasteiger partial charge in [-0.05, 0) is 37.1 Å². The molecule has 0 saturated carbocycles. The Morgan fingerprint density at radius 3 is 2.36 bits per heavy atom. The first-order chi connectivity index (χ1) is 11.8. The number of amides is 2. The lowest BCUT2D eigenvalue weighted by Gasteiger charge is -2.14. The molecular weight excluding hydrogens is 326 g/mol. The number of rotatable bonds is 8. The van der Waals surface area contributed by atoms with Crippen LogP contribution in [0.1, 0.15) is 31.9 Å². The SMILES string of the molecule is C=C(F)/C=C(\C=C(/C)F)CC(=O)NCC(=O)NC(C)c1ccccc1. The number of hydrogen-bond donors (Lipinski definition) is 2. The summed E-state index contributed by atoms with van der Waals surface area (Å²) in [4.78, 5) is 23.7. The van der Waals surface area contributed by atoms with Gasteiger partial charge in [0.05, 0.1) is 24.8 Å². The van der Waals surface area contributed by atoms with Crippen LogP contribution in [0, 0.1) is 0 Å². The number of hydrogen-bond acceptors (Lipinski definition) is 2. The third-order valence-corrected chi connectivity index (χ3v) is 3.21. The van der Waals surface area contributed by atoms with Crippen LogP contribution in [0.25, 0.3) is 0 Å². The molecule has 0 aliphatic heterocycles. The maximum atomic E-state index is 12.9. The summed E-state index contributed by atoms with van der Waals surface area (Å²) >= 11 is 0. The minimum absolute atomic E-state index is 0.128. The van der Waals surface area contributed by atoms with Gasteiger partial charge in [-0.15, -0.1) is 0 Å². The van der Waals surface area contributed by atoms with Crippen molar-refractivity contribution in [2.45, 2.75) is 26.3 Å². The molecule has 25 heavy (non-hydrogen) atoms. The topological polar surface area (TPSA) is 58.2 Å². The van der Waals surface area contributed by atoms with E-state index in [9.17, 15) is 18.4 Å². The van der Waals surface area contributed by atoms with Gasteiger partial charge in [0, 0.05) is 0 Å². The van der Waals surface area contributed by atoms with Gasteiger partial charge < -0.3 is 10.6 Å². The first-order valence-corrected chi connectivity index (χ1v) is 7.77. The van der Waals surface area contributed by atoms with Gasteiger partial charge in [0.1, 0.15) is 5.83 Å². The van der Waals surface area contributed by atoms with Gasteiger partial charge in [0.2, 0.25) is 11.8 Å². The lowest BCUT2D eigenvalue weighted by Crippen LogP contribution is -2.38. The van der Waals surface area contributed by atoms with Crippen molar-refractivity contribution < 1.29 is 18.4 Å². The Morgan fingerprint density at radius 2 is 1.80 bits per heavy atom. The molecule has 1 aromatic carbocycles. The zero-order valence-corrected chi connectivity index (χ0v) is 14.3. The second-order valence-corrected chi connectivity index (χ2v) is 5.55. The van der Waals surface area contributed by atoms with Gasteiger partial charge in [-0.1, -0.05) is 36.9 Å². The van der Waals surface area contributed by atoms with Gasteiger partial charge in [0.25, 0.3) is 0 Å². The standard InChI is InChI=1S/C19H22F2N2O2/c1-13(20)9-16(10-14(2)21)11-18(24)22-12-19(25)23-15(3)17-7-5-4-6-8-17/h4-10,15H,1,11-12H2,2-3H3,(H,22,24)(H,23,25)/b14-10+,16-9+. The van der Waals surface area contributed by atoms with E-state index in [0.717, 1.165) is 17.7 Å². The van der Waals surface area contributed by atoms with E-state index < -0.39 is 17.6 Å². The summed E-state index contributed by atoms with van der Waals surface area (Å²) in [5, 5.41) is 5.18. The van der Waals surface area contributed by atoms with E-state index in [0.29, 0.717) is 0 Å².